The number of aromatic nitrogens is 2. The second kappa shape index (κ2) is 11.0. The Bertz CT molecular complexity index is 951. The van der Waals surface area contributed by atoms with Crippen molar-refractivity contribution in [3.63, 3.8) is 0 Å². The van der Waals surface area contributed by atoms with Crippen molar-refractivity contribution in [3.8, 4) is 11.5 Å². The Kier molecular flexibility index (Phi) is 8.40. The minimum absolute atomic E-state index is 0.0530. The quantitative estimate of drug-likeness (QED) is 0.456. The molecule has 2 rings (SSSR count). The van der Waals surface area contributed by atoms with Crippen molar-refractivity contribution in [1.29, 1.82) is 0 Å². The van der Waals surface area contributed by atoms with Crippen molar-refractivity contribution >= 4 is 18.1 Å². The lowest BCUT2D eigenvalue weighted by Crippen LogP contribution is -2.34. The van der Waals surface area contributed by atoms with E-state index in [2.05, 4.69) is 20.5 Å². The number of nitrogens with zero attached hydrogens (tertiary/aromatic N) is 3. The van der Waals surface area contributed by atoms with Gasteiger partial charge < -0.3 is 14.4 Å². The average Bonchev–Trinajstić information content (AvgIpc) is 2.72. The van der Waals surface area contributed by atoms with Crippen LogP contribution in [0.3, 0.4) is 0 Å². The first-order valence-electron chi connectivity index (χ1n) is 9.93. The number of carbonyl (C=O) groups excluding carboxylic acids is 1. The molecular weight excluding hydrogens is 386 g/mol. The fraction of sp³-hybridized carbons (Fsp3) is 0.429. The monoisotopic (exact) mass is 415 g/mol. The van der Waals surface area contributed by atoms with Gasteiger partial charge in [-0.15, -0.1) is 0 Å². The smallest absolute Gasteiger partial charge is 0.260 e. The molecule has 2 aromatic rings. The summed E-state index contributed by atoms with van der Waals surface area (Å²) in [4.78, 5) is 32.5. The number of H-pyrrole nitrogens is 1. The van der Waals surface area contributed by atoms with Gasteiger partial charge in [-0.25, -0.2) is 10.4 Å². The molecule has 0 spiro atoms. The molecule has 0 atom stereocenters. The Morgan fingerprint density at radius 3 is 2.57 bits per heavy atom. The first-order valence-corrected chi connectivity index (χ1v) is 9.93. The summed E-state index contributed by atoms with van der Waals surface area (Å²) < 4.78 is 11.3. The summed E-state index contributed by atoms with van der Waals surface area (Å²) in [7, 11) is 0. The van der Waals surface area contributed by atoms with Gasteiger partial charge in [-0.3, -0.25) is 14.6 Å². The van der Waals surface area contributed by atoms with Crippen LogP contribution in [0.4, 0.5) is 5.95 Å². The number of ether oxygens (including phenoxy) is 2. The first kappa shape index (κ1) is 22.9. The van der Waals surface area contributed by atoms with Crippen molar-refractivity contribution in [2.45, 2.75) is 34.6 Å². The molecule has 0 saturated carbocycles. The van der Waals surface area contributed by atoms with Gasteiger partial charge in [-0.05, 0) is 58.4 Å². The third kappa shape index (κ3) is 6.07. The molecule has 0 radical (unpaired) electrons. The van der Waals surface area contributed by atoms with Crippen LogP contribution in [0.15, 0.2) is 28.1 Å². The fourth-order valence-corrected chi connectivity index (χ4v) is 2.67. The van der Waals surface area contributed by atoms with Gasteiger partial charge in [0.1, 0.15) is 0 Å². The molecule has 0 aliphatic rings. The molecule has 1 amide bonds. The Morgan fingerprint density at radius 2 is 1.93 bits per heavy atom. The van der Waals surface area contributed by atoms with Crippen molar-refractivity contribution in [1.82, 2.24) is 14.9 Å². The van der Waals surface area contributed by atoms with Crippen LogP contribution in [0.25, 0.3) is 0 Å². The molecule has 0 saturated heterocycles. The summed E-state index contributed by atoms with van der Waals surface area (Å²) >= 11 is 0. The highest BCUT2D eigenvalue weighted by atomic mass is 16.5. The van der Waals surface area contributed by atoms with E-state index in [0.29, 0.717) is 42.5 Å². The summed E-state index contributed by atoms with van der Waals surface area (Å²) in [5.41, 5.74) is 4.46. The molecule has 9 nitrogen and oxygen atoms in total. The van der Waals surface area contributed by atoms with Crippen molar-refractivity contribution in [3.05, 3.63) is 45.4 Å². The Labute approximate surface area is 176 Å². The average molecular weight is 415 g/mol. The van der Waals surface area contributed by atoms with Gasteiger partial charge in [0.25, 0.3) is 11.5 Å². The molecule has 162 valence electrons. The van der Waals surface area contributed by atoms with Gasteiger partial charge in [0.05, 0.1) is 12.8 Å². The first-order chi connectivity index (χ1) is 14.4. The van der Waals surface area contributed by atoms with Gasteiger partial charge in [-0.2, -0.15) is 5.10 Å². The number of benzene rings is 1. The Hall–Kier alpha value is -3.36. The maximum absolute atomic E-state index is 12.2. The predicted octanol–water partition coefficient (Wildman–Crippen LogP) is 2.48. The number of nitrogens with one attached hydrogen (secondary N) is 2. The number of carbonyl (C=O) groups is 1. The highest BCUT2D eigenvalue weighted by molar-refractivity contribution is 5.81. The SMILES string of the molecule is CCOc1cc(/C=N\Nc2nc(C)c(C)c(=O)[nH]2)ccc1OCC(=O)N(CC)CC. The molecule has 0 fully saturated rings. The number of amides is 1. The van der Waals surface area contributed by atoms with E-state index in [1.807, 2.05) is 20.8 Å². The minimum atomic E-state index is -0.209. The van der Waals surface area contributed by atoms with E-state index in [0.717, 1.165) is 5.56 Å². The number of hydrazone groups is 1. The normalized spacial score (nSPS) is 10.8. The topological polar surface area (TPSA) is 109 Å². The minimum Gasteiger partial charge on any atom is -0.490 e. The molecular formula is C21H29N5O4. The lowest BCUT2D eigenvalue weighted by molar-refractivity contribution is -0.132. The number of hydrogen-bond acceptors (Lipinski definition) is 7. The van der Waals surface area contributed by atoms with Crippen molar-refractivity contribution in [2.24, 2.45) is 5.10 Å². The van der Waals surface area contributed by atoms with E-state index in [1.165, 1.54) is 0 Å². The number of likely N-dealkylation sites (N-methyl/N-ethyl adjacent to an activating group) is 1. The van der Waals surface area contributed by atoms with Gasteiger partial charge in [0.2, 0.25) is 5.95 Å². The van der Waals surface area contributed by atoms with Crippen LogP contribution in [0.2, 0.25) is 0 Å². The van der Waals surface area contributed by atoms with Crippen LogP contribution >= 0.6 is 0 Å². The molecule has 2 N–H and O–H groups in total. The van der Waals surface area contributed by atoms with Crippen molar-refractivity contribution < 1.29 is 14.3 Å². The van der Waals surface area contributed by atoms with E-state index in [9.17, 15) is 9.59 Å². The number of anilines is 1. The highest BCUT2D eigenvalue weighted by Gasteiger charge is 2.13. The summed E-state index contributed by atoms with van der Waals surface area (Å²) in [6.07, 6.45) is 1.57. The summed E-state index contributed by atoms with van der Waals surface area (Å²) in [5.74, 6) is 1.19. The van der Waals surface area contributed by atoms with E-state index < -0.39 is 0 Å². The summed E-state index contributed by atoms with van der Waals surface area (Å²) in [6.45, 7) is 10.9. The van der Waals surface area contributed by atoms with Crippen LogP contribution < -0.4 is 20.5 Å². The molecule has 0 unspecified atom stereocenters. The van der Waals surface area contributed by atoms with Crippen LogP contribution in [-0.4, -0.2) is 53.3 Å². The second-order valence-corrected chi connectivity index (χ2v) is 6.49. The Balaban J connectivity index is 2.09. The third-order valence-corrected chi connectivity index (χ3v) is 4.51. The second-order valence-electron chi connectivity index (χ2n) is 6.49. The number of aromatic amines is 1. The van der Waals surface area contributed by atoms with Crippen LogP contribution in [0.5, 0.6) is 11.5 Å². The summed E-state index contributed by atoms with van der Waals surface area (Å²) in [5, 5.41) is 4.11. The number of rotatable bonds is 10. The van der Waals surface area contributed by atoms with E-state index in [4.69, 9.17) is 9.47 Å². The molecule has 1 heterocycles. The van der Waals surface area contributed by atoms with E-state index >= 15 is 0 Å². The number of aryl methyl sites for hydroxylation is 1. The summed E-state index contributed by atoms with van der Waals surface area (Å²) in [6, 6.07) is 5.29. The van der Waals surface area contributed by atoms with Gasteiger partial charge >= 0.3 is 0 Å². The number of hydrogen-bond donors (Lipinski definition) is 2. The molecule has 1 aromatic heterocycles. The molecule has 1 aromatic carbocycles. The zero-order chi connectivity index (χ0) is 22.1. The van der Waals surface area contributed by atoms with E-state index in [-0.39, 0.29) is 24.0 Å². The standard InChI is InChI=1S/C21H29N5O4/c1-6-26(7-2)19(27)13-30-17-10-9-16(11-18(17)29-8-3)12-22-25-21-23-15(5)14(4)20(28)24-21/h9-12H,6-8,13H2,1-5H3,(H2,23,24,25,28)/b22-12-. The van der Waals surface area contributed by atoms with Crippen LogP contribution in [0, 0.1) is 13.8 Å². The maximum atomic E-state index is 12.2. The molecule has 0 aliphatic carbocycles. The third-order valence-electron chi connectivity index (χ3n) is 4.51. The van der Waals surface area contributed by atoms with Gasteiger partial charge in [0, 0.05) is 24.3 Å². The largest absolute Gasteiger partial charge is 0.490 e. The van der Waals surface area contributed by atoms with Gasteiger partial charge in [0.15, 0.2) is 18.1 Å². The lowest BCUT2D eigenvalue weighted by Gasteiger charge is -2.19. The fourth-order valence-electron chi connectivity index (χ4n) is 2.67. The molecule has 9 heteroatoms. The molecule has 0 aliphatic heterocycles. The Morgan fingerprint density at radius 1 is 1.20 bits per heavy atom. The highest BCUT2D eigenvalue weighted by Crippen LogP contribution is 2.28. The molecule has 0 bridgehead atoms. The van der Waals surface area contributed by atoms with Crippen molar-refractivity contribution in [2.75, 3.05) is 31.7 Å². The van der Waals surface area contributed by atoms with Gasteiger partial charge in [-0.1, -0.05) is 0 Å². The van der Waals surface area contributed by atoms with Crippen LogP contribution in [-0.2, 0) is 4.79 Å². The maximum Gasteiger partial charge on any atom is 0.260 e. The molecule has 30 heavy (non-hydrogen) atoms. The zero-order valence-corrected chi connectivity index (χ0v) is 18.1. The zero-order valence-electron chi connectivity index (χ0n) is 18.1. The van der Waals surface area contributed by atoms with Crippen LogP contribution in [0.1, 0.15) is 37.6 Å². The van der Waals surface area contributed by atoms with E-state index in [1.54, 1.807) is 43.2 Å². The predicted molar refractivity (Wildman–Crippen MR) is 117 cm³/mol. The lowest BCUT2D eigenvalue weighted by atomic mass is 10.2.